The van der Waals surface area contributed by atoms with Crippen LogP contribution in [0.4, 0.5) is 17.1 Å². The lowest BCUT2D eigenvalue weighted by atomic mass is 10.1. The van der Waals surface area contributed by atoms with Crippen LogP contribution >= 0.6 is 15.9 Å². The summed E-state index contributed by atoms with van der Waals surface area (Å²) in [6, 6.07) is 11.0. The zero-order valence-corrected chi connectivity index (χ0v) is 12.8. The lowest BCUT2D eigenvalue weighted by molar-refractivity contribution is 0.0601. The number of nitrogens with one attached hydrogen (secondary N) is 1. The van der Waals surface area contributed by atoms with Crippen LogP contribution in [0.2, 0.25) is 0 Å². The average molecular weight is 335 g/mol. The Morgan fingerprint density at radius 2 is 2.00 bits per heavy atom. The number of carbonyl (C=O) groups is 1. The van der Waals surface area contributed by atoms with Gasteiger partial charge in [0.15, 0.2) is 0 Å². The van der Waals surface area contributed by atoms with Gasteiger partial charge in [-0.1, -0.05) is 22.0 Å². The molecule has 0 aliphatic carbocycles. The van der Waals surface area contributed by atoms with Crippen molar-refractivity contribution in [3.8, 4) is 0 Å². The summed E-state index contributed by atoms with van der Waals surface area (Å²) in [5, 5.41) is 3.22. The van der Waals surface area contributed by atoms with E-state index >= 15 is 0 Å². The van der Waals surface area contributed by atoms with Gasteiger partial charge in [-0.3, -0.25) is 0 Å². The van der Waals surface area contributed by atoms with Crippen molar-refractivity contribution in [3.05, 3.63) is 52.0 Å². The summed E-state index contributed by atoms with van der Waals surface area (Å²) in [6.07, 6.45) is 0. The van der Waals surface area contributed by atoms with E-state index in [1.165, 1.54) is 7.11 Å². The number of benzene rings is 2. The number of carbonyl (C=O) groups excluding carboxylic acids is 1. The van der Waals surface area contributed by atoms with Crippen LogP contribution in [0, 0.1) is 6.92 Å². The second-order valence-electron chi connectivity index (χ2n) is 4.38. The molecular weight excluding hydrogens is 320 g/mol. The van der Waals surface area contributed by atoms with Gasteiger partial charge in [0, 0.05) is 10.2 Å². The molecule has 0 aliphatic rings. The zero-order valence-electron chi connectivity index (χ0n) is 11.2. The van der Waals surface area contributed by atoms with Crippen molar-refractivity contribution in [2.24, 2.45) is 0 Å². The lowest BCUT2D eigenvalue weighted by Gasteiger charge is -2.11. The van der Waals surface area contributed by atoms with Crippen molar-refractivity contribution in [3.63, 3.8) is 0 Å². The fourth-order valence-electron chi connectivity index (χ4n) is 1.75. The fourth-order valence-corrected chi connectivity index (χ4v) is 2.13. The minimum atomic E-state index is -0.402. The standard InChI is InChI=1S/C15H15BrN2O2/c1-9-3-5-11(8-12(9)16)18-14-6-4-10(7-13(14)17)15(19)20-2/h3-8,18H,17H2,1-2H3. The average Bonchev–Trinajstić information content (AvgIpc) is 2.44. The Bertz CT molecular complexity index is 656. The molecule has 0 unspecified atom stereocenters. The third kappa shape index (κ3) is 3.11. The number of esters is 1. The highest BCUT2D eigenvalue weighted by Crippen LogP contribution is 2.27. The van der Waals surface area contributed by atoms with Gasteiger partial charge in [0.05, 0.1) is 24.0 Å². The Hall–Kier alpha value is -2.01. The van der Waals surface area contributed by atoms with E-state index in [0.717, 1.165) is 21.4 Å². The minimum Gasteiger partial charge on any atom is -0.465 e. The number of nitrogens with two attached hydrogens (primary N) is 1. The molecule has 2 aromatic rings. The van der Waals surface area contributed by atoms with Gasteiger partial charge < -0.3 is 15.8 Å². The molecule has 0 bridgehead atoms. The summed E-state index contributed by atoms with van der Waals surface area (Å²) in [7, 11) is 1.34. The first-order chi connectivity index (χ1) is 9.51. The molecule has 0 aromatic heterocycles. The molecule has 2 rings (SSSR count). The monoisotopic (exact) mass is 334 g/mol. The highest BCUT2D eigenvalue weighted by Gasteiger charge is 2.08. The van der Waals surface area contributed by atoms with Crippen LogP contribution in [0.5, 0.6) is 0 Å². The molecule has 20 heavy (non-hydrogen) atoms. The second-order valence-corrected chi connectivity index (χ2v) is 5.24. The van der Waals surface area contributed by atoms with E-state index < -0.39 is 5.97 Å². The van der Waals surface area contributed by atoms with E-state index in [9.17, 15) is 4.79 Å². The Kier molecular flexibility index (Phi) is 4.29. The summed E-state index contributed by atoms with van der Waals surface area (Å²) < 4.78 is 5.68. The second kappa shape index (κ2) is 5.96. The van der Waals surface area contributed by atoms with Gasteiger partial charge in [-0.2, -0.15) is 0 Å². The first-order valence-corrected chi connectivity index (χ1v) is 6.81. The number of anilines is 3. The van der Waals surface area contributed by atoms with Crippen molar-refractivity contribution < 1.29 is 9.53 Å². The zero-order chi connectivity index (χ0) is 14.7. The van der Waals surface area contributed by atoms with Gasteiger partial charge in [0.25, 0.3) is 0 Å². The Morgan fingerprint density at radius 3 is 2.60 bits per heavy atom. The maximum absolute atomic E-state index is 11.4. The first kappa shape index (κ1) is 14.4. The number of aryl methyl sites for hydroxylation is 1. The van der Waals surface area contributed by atoms with Gasteiger partial charge in [0.1, 0.15) is 0 Å². The summed E-state index contributed by atoms with van der Waals surface area (Å²) in [5.41, 5.74) is 9.69. The number of halogens is 1. The highest BCUT2D eigenvalue weighted by molar-refractivity contribution is 9.10. The van der Waals surface area contributed by atoms with Gasteiger partial charge in [-0.25, -0.2) is 4.79 Å². The third-order valence-electron chi connectivity index (χ3n) is 2.92. The molecule has 0 fully saturated rings. The van der Waals surface area contributed by atoms with E-state index in [1.807, 2.05) is 25.1 Å². The van der Waals surface area contributed by atoms with Gasteiger partial charge in [-0.15, -0.1) is 0 Å². The van der Waals surface area contributed by atoms with Crippen molar-refractivity contribution >= 4 is 39.0 Å². The van der Waals surface area contributed by atoms with E-state index in [4.69, 9.17) is 5.73 Å². The molecule has 0 heterocycles. The molecular formula is C15H15BrN2O2. The normalized spacial score (nSPS) is 10.2. The molecule has 0 atom stereocenters. The molecule has 0 amide bonds. The third-order valence-corrected chi connectivity index (χ3v) is 3.78. The molecule has 0 saturated carbocycles. The molecule has 3 N–H and O–H groups in total. The molecule has 104 valence electrons. The number of hydrogen-bond acceptors (Lipinski definition) is 4. The van der Waals surface area contributed by atoms with E-state index in [-0.39, 0.29) is 0 Å². The Labute approximate surface area is 126 Å². The molecule has 0 spiro atoms. The van der Waals surface area contributed by atoms with Crippen LogP contribution in [0.3, 0.4) is 0 Å². The molecule has 5 heteroatoms. The van der Waals surface area contributed by atoms with Gasteiger partial charge >= 0.3 is 5.97 Å². The quantitative estimate of drug-likeness (QED) is 0.660. The predicted octanol–water partition coefficient (Wildman–Crippen LogP) is 3.87. The SMILES string of the molecule is COC(=O)c1ccc(Nc2ccc(C)c(Br)c2)c(N)c1. The molecule has 0 radical (unpaired) electrons. The van der Waals surface area contributed by atoms with Crippen LogP contribution in [0.15, 0.2) is 40.9 Å². The number of nitrogen functional groups attached to an aromatic ring is 1. The smallest absolute Gasteiger partial charge is 0.337 e. The Morgan fingerprint density at radius 1 is 1.25 bits per heavy atom. The van der Waals surface area contributed by atoms with Crippen LogP contribution in [-0.4, -0.2) is 13.1 Å². The van der Waals surface area contributed by atoms with Gasteiger partial charge in [0.2, 0.25) is 0 Å². The van der Waals surface area contributed by atoms with Crippen molar-refractivity contribution in [1.29, 1.82) is 0 Å². The number of ether oxygens (including phenoxy) is 1. The largest absolute Gasteiger partial charge is 0.465 e. The van der Waals surface area contributed by atoms with Crippen molar-refractivity contribution in [2.75, 3.05) is 18.2 Å². The highest BCUT2D eigenvalue weighted by atomic mass is 79.9. The molecule has 0 saturated heterocycles. The minimum absolute atomic E-state index is 0.402. The number of methoxy groups -OCH3 is 1. The number of hydrogen-bond donors (Lipinski definition) is 2. The summed E-state index contributed by atoms with van der Waals surface area (Å²) in [4.78, 5) is 11.4. The van der Waals surface area contributed by atoms with E-state index in [2.05, 4.69) is 26.0 Å². The van der Waals surface area contributed by atoms with Crippen LogP contribution in [0.1, 0.15) is 15.9 Å². The fraction of sp³-hybridized carbons (Fsp3) is 0.133. The summed E-state index contributed by atoms with van der Waals surface area (Å²) in [6.45, 7) is 2.02. The van der Waals surface area contributed by atoms with Gasteiger partial charge in [-0.05, 0) is 42.8 Å². The lowest BCUT2D eigenvalue weighted by Crippen LogP contribution is -2.03. The molecule has 0 aliphatic heterocycles. The van der Waals surface area contributed by atoms with Crippen LogP contribution < -0.4 is 11.1 Å². The predicted molar refractivity (Wildman–Crippen MR) is 84.4 cm³/mol. The first-order valence-electron chi connectivity index (χ1n) is 6.02. The van der Waals surface area contributed by atoms with Crippen molar-refractivity contribution in [1.82, 2.24) is 0 Å². The van der Waals surface area contributed by atoms with Crippen LogP contribution in [0.25, 0.3) is 0 Å². The number of rotatable bonds is 3. The topological polar surface area (TPSA) is 64.3 Å². The maximum Gasteiger partial charge on any atom is 0.337 e. The van der Waals surface area contributed by atoms with Crippen LogP contribution in [-0.2, 0) is 4.74 Å². The maximum atomic E-state index is 11.4. The summed E-state index contributed by atoms with van der Waals surface area (Å²) in [5.74, 6) is -0.402. The summed E-state index contributed by atoms with van der Waals surface area (Å²) >= 11 is 3.49. The van der Waals surface area contributed by atoms with Crippen molar-refractivity contribution in [2.45, 2.75) is 6.92 Å². The van der Waals surface area contributed by atoms with E-state index in [0.29, 0.717) is 11.3 Å². The molecule has 4 nitrogen and oxygen atoms in total. The molecule has 2 aromatic carbocycles. The van der Waals surface area contributed by atoms with E-state index in [1.54, 1.807) is 18.2 Å². The Balaban J connectivity index is 2.25.